The molecular formula is C21H26F4N6S. The van der Waals surface area contributed by atoms with Crippen LogP contribution < -0.4 is 15.5 Å². The summed E-state index contributed by atoms with van der Waals surface area (Å²) in [6.45, 7) is 1.95. The molecule has 3 aliphatic rings. The Hall–Kier alpha value is -1.85. The highest BCUT2D eigenvalue weighted by Gasteiger charge is 2.63. The minimum atomic E-state index is -2.90. The second kappa shape index (κ2) is 8.18. The number of fused-ring (bicyclic) bond motifs is 1. The van der Waals surface area contributed by atoms with Crippen LogP contribution in [-0.4, -0.2) is 71.8 Å². The van der Waals surface area contributed by atoms with Crippen molar-refractivity contribution in [2.24, 2.45) is 5.41 Å². The molecular weight excluding hydrogens is 444 g/mol. The summed E-state index contributed by atoms with van der Waals surface area (Å²) in [5, 5.41) is 6.71. The molecule has 0 unspecified atom stereocenters. The van der Waals surface area contributed by atoms with Crippen LogP contribution in [0.5, 0.6) is 0 Å². The van der Waals surface area contributed by atoms with Gasteiger partial charge < -0.3 is 15.5 Å². The molecule has 11 heteroatoms. The predicted octanol–water partition coefficient (Wildman–Crippen LogP) is 3.77. The molecule has 0 aliphatic carbocycles. The lowest BCUT2D eigenvalue weighted by Crippen LogP contribution is -2.62. The number of alkyl halides is 4. The first-order valence-corrected chi connectivity index (χ1v) is 12.0. The number of hydrogen-bond acceptors (Lipinski definition) is 7. The highest BCUT2D eigenvalue weighted by atomic mass is 32.2. The number of halogens is 4. The maximum absolute atomic E-state index is 14.8. The van der Waals surface area contributed by atoms with Crippen LogP contribution in [0.15, 0.2) is 18.3 Å². The molecule has 2 aromatic rings. The Bertz CT molecular complexity index is 994. The molecule has 32 heavy (non-hydrogen) atoms. The lowest BCUT2D eigenvalue weighted by Gasteiger charge is -2.42. The van der Waals surface area contributed by atoms with E-state index in [0.29, 0.717) is 22.5 Å². The van der Waals surface area contributed by atoms with E-state index in [1.807, 2.05) is 0 Å². The van der Waals surface area contributed by atoms with Gasteiger partial charge in [0, 0.05) is 55.9 Å². The summed E-state index contributed by atoms with van der Waals surface area (Å²) in [6, 6.07) is 2.86. The zero-order valence-electron chi connectivity index (χ0n) is 17.8. The van der Waals surface area contributed by atoms with Crippen molar-refractivity contribution in [1.29, 1.82) is 0 Å². The predicted molar refractivity (Wildman–Crippen MR) is 119 cm³/mol. The third-order valence-corrected chi connectivity index (χ3v) is 7.79. The van der Waals surface area contributed by atoms with E-state index >= 15 is 0 Å². The molecule has 3 fully saturated rings. The maximum Gasteiger partial charge on any atom is 0.274 e. The molecule has 4 heterocycles. The van der Waals surface area contributed by atoms with E-state index < -0.39 is 24.3 Å². The molecule has 5 rings (SSSR count). The Labute approximate surface area is 188 Å². The molecule has 2 N–H and O–H groups in total. The summed E-state index contributed by atoms with van der Waals surface area (Å²) in [5.74, 6) is -2.50. The minimum absolute atomic E-state index is 0.106. The monoisotopic (exact) mass is 470 g/mol. The summed E-state index contributed by atoms with van der Waals surface area (Å²) < 4.78 is 59.0. The topological polar surface area (TPSA) is 56.3 Å². The van der Waals surface area contributed by atoms with Crippen molar-refractivity contribution in [2.75, 3.05) is 55.7 Å². The van der Waals surface area contributed by atoms with E-state index in [2.05, 4.69) is 31.2 Å². The number of piperidine rings is 1. The van der Waals surface area contributed by atoms with Gasteiger partial charge in [-0.1, -0.05) is 11.9 Å². The maximum atomic E-state index is 14.8. The molecule has 6 nitrogen and oxygen atoms in total. The van der Waals surface area contributed by atoms with Gasteiger partial charge in [-0.05, 0) is 31.2 Å². The van der Waals surface area contributed by atoms with Crippen LogP contribution in [0.2, 0.25) is 0 Å². The van der Waals surface area contributed by atoms with Crippen molar-refractivity contribution in [3.63, 3.8) is 0 Å². The summed E-state index contributed by atoms with van der Waals surface area (Å²) in [4.78, 5) is 10.5. The molecule has 3 aliphatic heterocycles. The molecule has 1 spiro atoms. The fourth-order valence-corrected chi connectivity index (χ4v) is 5.44. The van der Waals surface area contributed by atoms with Crippen LogP contribution in [0.4, 0.5) is 29.2 Å². The average Bonchev–Trinajstić information content (AvgIpc) is 3.04. The zero-order valence-corrected chi connectivity index (χ0v) is 18.6. The molecule has 1 aromatic heterocycles. The summed E-state index contributed by atoms with van der Waals surface area (Å²) in [7, 11) is 0. The minimum Gasteiger partial charge on any atom is -0.363 e. The van der Waals surface area contributed by atoms with E-state index in [1.165, 1.54) is 23.2 Å². The van der Waals surface area contributed by atoms with Crippen molar-refractivity contribution < 1.29 is 17.6 Å². The van der Waals surface area contributed by atoms with Crippen molar-refractivity contribution in [1.82, 2.24) is 19.6 Å². The van der Waals surface area contributed by atoms with E-state index in [9.17, 15) is 17.6 Å². The highest BCUT2D eigenvalue weighted by Crippen LogP contribution is 2.48. The Morgan fingerprint density at radius 2 is 1.94 bits per heavy atom. The fraction of sp³-hybridized carbons (Fsp3) is 0.619. The van der Waals surface area contributed by atoms with Crippen LogP contribution >= 0.6 is 11.9 Å². The number of nitrogens with zero attached hydrogens (tertiary/aromatic N) is 4. The Morgan fingerprint density at radius 1 is 1.19 bits per heavy atom. The number of aromatic nitrogens is 2. The number of anilines is 2. The summed E-state index contributed by atoms with van der Waals surface area (Å²) >= 11 is 1.72. The van der Waals surface area contributed by atoms with Crippen LogP contribution in [-0.2, 0) is 0 Å². The number of nitrogens with one attached hydrogen (secondary N) is 2. The Kier molecular flexibility index (Phi) is 5.61. The standard InChI is InChI=1S/C21H26F4N6S/c1-32-31-4-2-15(3-5-31)28-19-27-8-14-6-13(18(22)23)7-16(17(14)29-19)30-11-20(9-26-10-20)21(24,25)12-30/h6-8,15,18,26H,2-5,9-12H2,1H3,(H,27,28,29). The zero-order chi connectivity index (χ0) is 22.5. The quantitative estimate of drug-likeness (QED) is 0.510. The molecule has 1 aromatic carbocycles. The van der Waals surface area contributed by atoms with Gasteiger partial charge in [-0.15, -0.1) is 0 Å². The number of benzene rings is 1. The third-order valence-electron chi connectivity index (χ3n) is 6.91. The molecule has 0 saturated carbocycles. The van der Waals surface area contributed by atoms with Crippen molar-refractivity contribution in [3.8, 4) is 0 Å². The first kappa shape index (κ1) is 22.0. The molecule has 174 valence electrons. The van der Waals surface area contributed by atoms with Crippen LogP contribution in [0.3, 0.4) is 0 Å². The van der Waals surface area contributed by atoms with Gasteiger partial charge in [-0.3, -0.25) is 4.31 Å². The van der Waals surface area contributed by atoms with Gasteiger partial charge in [0.25, 0.3) is 12.3 Å². The first-order valence-electron chi connectivity index (χ1n) is 10.8. The van der Waals surface area contributed by atoms with Crippen molar-refractivity contribution in [2.45, 2.75) is 31.2 Å². The second-order valence-corrected chi connectivity index (χ2v) is 9.83. The SMILES string of the molecule is CSN1CCC(Nc2ncc3cc(C(F)F)cc(N4CC(F)(F)C5(CNC5)C4)c3n2)CC1. The Balaban J connectivity index is 1.47. The smallest absolute Gasteiger partial charge is 0.274 e. The average molecular weight is 471 g/mol. The third kappa shape index (κ3) is 3.77. The van der Waals surface area contributed by atoms with Crippen molar-refractivity contribution in [3.05, 3.63) is 23.9 Å². The number of hydrogen-bond donors (Lipinski definition) is 2. The van der Waals surface area contributed by atoms with Gasteiger partial charge in [-0.25, -0.2) is 27.5 Å². The lowest BCUT2D eigenvalue weighted by atomic mass is 9.78. The van der Waals surface area contributed by atoms with Gasteiger partial charge in [0.1, 0.15) is 0 Å². The van der Waals surface area contributed by atoms with Gasteiger partial charge in [0.15, 0.2) is 0 Å². The molecule has 0 amide bonds. The highest BCUT2D eigenvalue weighted by molar-refractivity contribution is 7.96. The Morgan fingerprint density at radius 3 is 2.53 bits per heavy atom. The van der Waals surface area contributed by atoms with Crippen molar-refractivity contribution >= 4 is 34.5 Å². The summed E-state index contributed by atoms with van der Waals surface area (Å²) in [6.07, 6.45) is 2.73. The van der Waals surface area contributed by atoms with Gasteiger partial charge >= 0.3 is 0 Å². The van der Waals surface area contributed by atoms with E-state index in [4.69, 9.17) is 0 Å². The van der Waals surface area contributed by atoms with Gasteiger partial charge in [0.2, 0.25) is 5.95 Å². The van der Waals surface area contributed by atoms with Crippen LogP contribution in [0.1, 0.15) is 24.8 Å². The first-order chi connectivity index (χ1) is 15.3. The van der Waals surface area contributed by atoms with E-state index in [-0.39, 0.29) is 31.2 Å². The lowest BCUT2D eigenvalue weighted by molar-refractivity contribution is -0.107. The second-order valence-electron chi connectivity index (χ2n) is 8.95. The molecule has 0 bridgehead atoms. The number of rotatable bonds is 5. The molecule has 0 atom stereocenters. The molecule has 0 radical (unpaired) electrons. The van der Waals surface area contributed by atoms with Gasteiger partial charge in [0.05, 0.1) is 23.2 Å². The van der Waals surface area contributed by atoms with Gasteiger partial charge in [-0.2, -0.15) is 0 Å². The van der Waals surface area contributed by atoms with E-state index in [1.54, 1.807) is 11.9 Å². The normalized spacial score (nSPS) is 23.2. The van der Waals surface area contributed by atoms with Crippen LogP contribution in [0.25, 0.3) is 10.9 Å². The fourth-order valence-electron chi connectivity index (χ4n) is 4.86. The largest absolute Gasteiger partial charge is 0.363 e. The van der Waals surface area contributed by atoms with E-state index in [0.717, 1.165) is 25.9 Å². The molecule has 3 saturated heterocycles. The summed E-state index contributed by atoms with van der Waals surface area (Å²) in [5.41, 5.74) is -0.616. The van der Waals surface area contributed by atoms with Crippen LogP contribution in [0, 0.1) is 5.41 Å².